The third-order valence-electron chi connectivity index (χ3n) is 4.10. The molecular weight excluding hydrogens is 224 g/mol. The highest BCUT2D eigenvalue weighted by Crippen LogP contribution is 2.34. The van der Waals surface area contributed by atoms with Crippen molar-refractivity contribution in [2.24, 2.45) is 5.92 Å². The lowest BCUT2D eigenvalue weighted by Gasteiger charge is -2.20. The maximum Gasteiger partial charge on any atom is 0.251 e. The zero-order valence-electron chi connectivity index (χ0n) is 10.8. The highest BCUT2D eigenvalue weighted by atomic mass is 16.1. The maximum atomic E-state index is 12.3. The standard InChI is InChI=1S/C15H20N2O/c1-2-10-9-14(10)17-15(18)12-5-3-7-13-11(12)6-4-8-16-13/h3,5,7,10,14,16H,2,4,6,8-9H2,1H3,(H,17,18). The van der Waals surface area contributed by atoms with Gasteiger partial charge >= 0.3 is 0 Å². The summed E-state index contributed by atoms with van der Waals surface area (Å²) in [6.07, 6.45) is 4.43. The second-order valence-corrected chi connectivity index (χ2v) is 5.35. The lowest BCUT2D eigenvalue weighted by Crippen LogP contribution is -2.28. The molecule has 1 heterocycles. The molecule has 0 radical (unpaired) electrons. The Morgan fingerprint density at radius 3 is 3.17 bits per heavy atom. The molecule has 3 rings (SSSR count). The summed E-state index contributed by atoms with van der Waals surface area (Å²) in [4.78, 5) is 12.3. The van der Waals surface area contributed by atoms with Crippen LogP contribution in [0.15, 0.2) is 18.2 Å². The van der Waals surface area contributed by atoms with Crippen LogP contribution in [0.4, 0.5) is 5.69 Å². The van der Waals surface area contributed by atoms with Crippen LogP contribution in [0.1, 0.15) is 42.1 Å². The molecule has 3 heteroatoms. The van der Waals surface area contributed by atoms with Gasteiger partial charge in [-0.1, -0.05) is 19.4 Å². The van der Waals surface area contributed by atoms with E-state index >= 15 is 0 Å². The number of hydrogen-bond acceptors (Lipinski definition) is 2. The van der Waals surface area contributed by atoms with Crippen LogP contribution in [-0.4, -0.2) is 18.5 Å². The molecule has 3 nitrogen and oxygen atoms in total. The number of nitrogens with one attached hydrogen (secondary N) is 2. The van der Waals surface area contributed by atoms with Gasteiger partial charge in [-0.15, -0.1) is 0 Å². The van der Waals surface area contributed by atoms with E-state index < -0.39 is 0 Å². The van der Waals surface area contributed by atoms with Crippen molar-refractivity contribution in [1.82, 2.24) is 5.32 Å². The van der Waals surface area contributed by atoms with E-state index in [9.17, 15) is 4.79 Å². The van der Waals surface area contributed by atoms with Crippen LogP contribution < -0.4 is 10.6 Å². The minimum Gasteiger partial charge on any atom is -0.385 e. The number of amides is 1. The molecule has 0 saturated heterocycles. The molecule has 0 aromatic heterocycles. The van der Waals surface area contributed by atoms with Crippen molar-refractivity contribution in [1.29, 1.82) is 0 Å². The SMILES string of the molecule is CCC1CC1NC(=O)c1cccc2c1CCCN2. The minimum absolute atomic E-state index is 0.108. The highest BCUT2D eigenvalue weighted by Gasteiger charge is 2.36. The zero-order chi connectivity index (χ0) is 12.5. The normalized spacial score (nSPS) is 24.9. The number of benzene rings is 1. The maximum absolute atomic E-state index is 12.3. The van der Waals surface area contributed by atoms with Crippen LogP contribution in [0, 0.1) is 5.92 Å². The Morgan fingerprint density at radius 1 is 1.50 bits per heavy atom. The van der Waals surface area contributed by atoms with E-state index in [1.807, 2.05) is 12.1 Å². The molecule has 1 aromatic carbocycles. The fraction of sp³-hybridized carbons (Fsp3) is 0.533. The Morgan fingerprint density at radius 2 is 2.39 bits per heavy atom. The van der Waals surface area contributed by atoms with Gasteiger partial charge < -0.3 is 10.6 Å². The third-order valence-corrected chi connectivity index (χ3v) is 4.10. The number of hydrogen-bond donors (Lipinski definition) is 2. The molecular formula is C15H20N2O. The summed E-state index contributed by atoms with van der Waals surface area (Å²) in [7, 11) is 0. The largest absolute Gasteiger partial charge is 0.385 e. The predicted octanol–water partition coefficient (Wildman–Crippen LogP) is 2.57. The molecule has 2 atom stereocenters. The summed E-state index contributed by atoms with van der Waals surface area (Å²) in [5, 5.41) is 6.52. The van der Waals surface area contributed by atoms with E-state index in [1.54, 1.807) is 0 Å². The van der Waals surface area contributed by atoms with Gasteiger partial charge in [0.05, 0.1) is 0 Å². The summed E-state index contributed by atoms with van der Waals surface area (Å²) >= 11 is 0. The lowest BCUT2D eigenvalue weighted by atomic mass is 9.97. The molecule has 2 unspecified atom stereocenters. The lowest BCUT2D eigenvalue weighted by molar-refractivity contribution is 0.0948. The van der Waals surface area contributed by atoms with E-state index in [-0.39, 0.29) is 5.91 Å². The molecule has 2 aliphatic rings. The molecule has 1 aliphatic carbocycles. The number of rotatable bonds is 3. The number of fused-ring (bicyclic) bond motifs is 1. The topological polar surface area (TPSA) is 41.1 Å². The number of carbonyl (C=O) groups excluding carboxylic acids is 1. The molecule has 2 N–H and O–H groups in total. The molecule has 1 aromatic rings. The van der Waals surface area contributed by atoms with E-state index in [2.05, 4.69) is 23.6 Å². The van der Waals surface area contributed by atoms with Crippen LogP contribution in [0.5, 0.6) is 0 Å². The Bertz CT molecular complexity index is 470. The van der Waals surface area contributed by atoms with E-state index in [4.69, 9.17) is 0 Å². The molecule has 1 amide bonds. The average Bonchev–Trinajstić information content (AvgIpc) is 3.16. The number of anilines is 1. The van der Waals surface area contributed by atoms with Gasteiger partial charge in [0.1, 0.15) is 0 Å². The van der Waals surface area contributed by atoms with Gasteiger partial charge in [0.2, 0.25) is 0 Å². The molecule has 0 spiro atoms. The van der Waals surface area contributed by atoms with E-state index in [0.29, 0.717) is 12.0 Å². The smallest absolute Gasteiger partial charge is 0.251 e. The van der Waals surface area contributed by atoms with Crippen molar-refractivity contribution >= 4 is 11.6 Å². The first kappa shape index (κ1) is 11.6. The molecule has 96 valence electrons. The van der Waals surface area contributed by atoms with Crippen LogP contribution >= 0.6 is 0 Å². The summed E-state index contributed by atoms with van der Waals surface area (Å²) < 4.78 is 0. The van der Waals surface area contributed by atoms with Gasteiger partial charge in [0, 0.05) is 23.8 Å². The first-order chi connectivity index (χ1) is 8.79. The van der Waals surface area contributed by atoms with Gasteiger partial charge in [-0.25, -0.2) is 0 Å². The van der Waals surface area contributed by atoms with Gasteiger partial charge in [0.25, 0.3) is 5.91 Å². The summed E-state index contributed by atoms with van der Waals surface area (Å²) in [5.41, 5.74) is 3.19. The van der Waals surface area contributed by atoms with Crippen LogP contribution in [0.2, 0.25) is 0 Å². The van der Waals surface area contributed by atoms with E-state index in [1.165, 1.54) is 12.0 Å². The van der Waals surface area contributed by atoms with Gasteiger partial charge in [-0.05, 0) is 42.9 Å². The molecule has 0 bridgehead atoms. The van der Waals surface area contributed by atoms with Crippen LogP contribution in [0.3, 0.4) is 0 Å². The highest BCUT2D eigenvalue weighted by molar-refractivity contribution is 5.97. The predicted molar refractivity (Wildman–Crippen MR) is 72.9 cm³/mol. The van der Waals surface area contributed by atoms with Gasteiger partial charge in [-0.3, -0.25) is 4.79 Å². The second kappa shape index (κ2) is 4.63. The number of carbonyl (C=O) groups is 1. The van der Waals surface area contributed by atoms with Gasteiger partial charge in [-0.2, -0.15) is 0 Å². The Kier molecular flexibility index (Phi) is 2.98. The average molecular weight is 244 g/mol. The van der Waals surface area contributed by atoms with Crippen molar-refractivity contribution in [3.05, 3.63) is 29.3 Å². The molecule has 1 saturated carbocycles. The van der Waals surface area contributed by atoms with Crippen LogP contribution in [-0.2, 0) is 6.42 Å². The molecule has 18 heavy (non-hydrogen) atoms. The Labute approximate surface area is 108 Å². The van der Waals surface area contributed by atoms with Crippen molar-refractivity contribution in [3.63, 3.8) is 0 Å². The summed E-state index contributed by atoms with van der Waals surface area (Å²) in [6, 6.07) is 6.40. The van der Waals surface area contributed by atoms with Gasteiger partial charge in [0.15, 0.2) is 0 Å². The molecule has 1 fully saturated rings. The van der Waals surface area contributed by atoms with Crippen molar-refractivity contribution in [3.8, 4) is 0 Å². The summed E-state index contributed by atoms with van der Waals surface area (Å²) in [5.74, 6) is 0.808. The first-order valence-electron chi connectivity index (χ1n) is 6.96. The minimum atomic E-state index is 0.108. The quantitative estimate of drug-likeness (QED) is 0.858. The zero-order valence-corrected chi connectivity index (χ0v) is 10.8. The fourth-order valence-corrected chi connectivity index (χ4v) is 2.84. The monoisotopic (exact) mass is 244 g/mol. The summed E-state index contributed by atoms with van der Waals surface area (Å²) in [6.45, 7) is 3.20. The fourth-order valence-electron chi connectivity index (χ4n) is 2.84. The second-order valence-electron chi connectivity index (χ2n) is 5.35. The molecule has 1 aliphatic heterocycles. The Balaban J connectivity index is 1.77. The van der Waals surface area contributed by atoms with Crippen LogP contribution in [0.25, 0.3) is 0 Å². The first-order valence-corrected chi connectivity index (χ1v) is 6.96. The van der Waals surface area contributed by atoms with Crippen molar-refractivity contribution < 1.29 is 4.79 Å². The van der Waals surface area contributed by atoms with Crippen molar-refractivity contribution in [2.45, 2.75) is 38.6 Å². The Hall–Kier alpha value is -1.51. The van der Waals surface area contributed by atoms with E-state index in [0.717, 1.165) is 37.1 Å². The van der Waals surface area contributed by atoms with Crippen molar-refractivity contribution in [2.75, 3.05) is 11.9 Å². The third kappa shape index (κ3) is 2.09.